The van der Waals surface area contributed by atoms with Crippen LogP contribution in [0.15, 0.2) is 0 Å². The van der Waals surface area contributed by atoms with Crippen molar-refractivity contribution in [3.63, 3.8) is 0 Å². The van der Waals surface area contributed by atoms with E-state index in [1.165, 1.54) is 0 Å². The second-order valence-corrected chi connectivity index (χ2v) is 3.49. The van der Waals surface area contributed by atoms with Crippen molar-refractivity contribution >= 4 is 5.91 Å². The van der Waals surface area contributed by atoms with Gasteiger partial charge in [0.25, 0.3) is 0 Å². The first kappa shape index (κ1) is 10.5. The van der Waals surface area contributed by atoms with Crippen molar-refractivity contribution in [2.45, 2.75) is 32.4 Å². The van der Waals surface area contributed by atoms with Crippen LogP contribution in [-0.2, 0) is 14.3 Å². The van der Waals surface area contributed by atoms with Crippen molar-refractivity contribution in [3.8, 4) is 0 Å². The number of nitrogens with one attached hydrogen (secondary N) is 1. The van der Waals surface area contributed by atoms with Crippen LogP contribution >= 0.6 is 0 Å². The lowest BCUT2D eigenvalue weighted by Crippen LogP contribution is -2.37. The van der Waals surface area contributed by atoms with Crippen molar-refractivity contribution in [1.29, 1.82) is 0 Å². The topological polar surface area (TPSA) is 47.6 Å². The Hall–Kier alpha value is -0.610. The second-order valence-electron chi connectivity index (χ2n) is 3.49. The predicted octanol–water partition coefficient (Wildman–Crippen LogP) is 0.317. The van der Waals surface area contributed by atoms with Gasteiger partial charge in [-0.15, -0.1) is 0 Å². The molecule has 1 aliphatic rings. The minimum absolute atomic E-state index is 0.0517. The molecule has 0 bridgehead atoms. The number of rotatable bonds is 4. The SMILES string of the molecule is CC(C)OCC(=O)NC1CCOC1. The van der Waals surface area contributed by atoms with Crippen LogP contribution in [0, 0.1) is 0 Å². The Morgan fingerprint density at radius 1 is 1.69 bits per heavy atom. The van der Waals surface area contributed by atoms with Gasteiger partial charge in [-0.2, -0.15) is 0 Å². The summed E-state index contributed by atoms with van der Waals surface area (Å²) in [6, 6.07) is 0.184. The molecule has 1 atom stereocenters. The highest BCUT2D eigenvalue weighted by Crippen LogP contribution is 2.02. The molecule has 0 saturated carbocycles. The molecule has 1 amide bonds. The molecule has 1 fully saturated rings. The van der Waals surface area contributed by atoms with E-state index in [9.17, 15) is 4.79 Å². The standard InChI is InChI=1S/C9H17NO3/c1-7(2)13-6-9(11)10-8-3-4-12-5-8/h7-8H,3-6H2,1-2H3,(H,10,11). The van der Waals surface area contributed by atoms with Gasteiger partial charge < -0.3 is 14.8 Å². The average Bonchev–Trinajstić information content (AvgIpc) is 2.53. The van der Waals surface area contributed by atoms with Crippen LogP contribution in [0.25, 0.3) is 0 Å². The summed E-state index contributed by atoms with van der Waals surface area (Å²) in [5.74, 6) is -0.0517. The van der Waals surface area contributed by atoms with Crippen LogP contribution < -0.4 is 5.32 Å². The largest absolute Gasteiger partial charge is 0.379 e. The predicted molar refractivity (Wildman–Crippen MR) is 48.5 cm³/mol. The fourth-order valence-electron chi connectivity index (χ4n) is 1.16. The molecule has 4 nitrogen and oxygen atoms in total. The van der Waals surface area contributed by atoms with Gasteiger partial charge in [0.05, 0.1) is 18.8 Å². The summed E-state index contributed by atoms with van der Waals surface area (Å²) in [6.07, 6.45) is 1.01. The molecule has 76 valence electrons. The number of ether oxygens (including phenoxy) is 2. The summed E-state index contributed by atoms with van der Waals surface area (Å²) in [7, 11) is 0. The molecule has 4 heteroatoms. The Kier molecular flexibility index (Phi) is 4.18. The van der Waals surface area contributed by atoms with E-state index in [2.05, 4.69) is 5.32 Å². The van der Waals surface area contributed by atoms with Gasteiger partial charge in [0.15, 0.2) is 0 Å². The number of hydrogen-bond acceptors (Lipinski definition) is 3. The molecule has 0 aliphatic carbocycles. The molecule has 1 heterocycles. The molecule has 0 aromatic rings. The molecular formula is C9H17NO3. The van der Waals surface area contributed by atoms with Gasteiger partial charge in [-0.05, 0) is 20.3 Å². The first-order valence-corrected chi connectivity index (χ1v) is 4.67. The zero-order valence-electron chi connectivity index (χ0n) is 8.21. The van der Waals surface area contributed by atoms with Gasteiger partial charge in [0.2, 0.25) is 5.91 Å². The number of carbonyl (C=O) groups excluding carboxylic acids is 1. The quantitative estimate of drug-likeness (QED) is 0.689. The van der Waals surface area contributed by atoms with Gasteiger partial charge in [0.1, 0.15) is 6.61 Å². The monoisotopic (exact) mass is 187 g/mol. The molecule has 1 unspecified atom stereocenters. The normalized spacial score (nSPS) is 22.2. The lowest BCUT2D eigenvalue weighted by molar-refractivity contribution is -0.127. The van der Waals surface area contributed by atoms with Gasteiger partial charge in [-0.25, -0.2) is 0 Å². The zero-order chi connectivity index (χ0) is 9.68. The van der Waals surface area contributed by atoms with Crippen molar-refractivity contribution < 1.29 is 14.3 Å². The number of amides is 1. The summed E-state index contributed by atoms with van der Waals surface area (Å²) >= 11 is 0. The van der Waals surface area contributed by atoms with Crippen LogP contribution in [0.4, 0.5) is 0 Å². The Morgan fingerprint density at radius 2 is 2.46 bits per heavy atom. The molecule has 13 heavy (non-hydrogen) atoms. The van der Waals surface area contributed by atoms with E-state index >= 15 is 0 Å². The summed E-state index contributed by atoms with van der Waals surface area (Å²) in [4.78, 5) is 11.2. The van der Waals surface area contributed by atoms with Gasteiger partial charge in [0, 0.05) is 6.61 Å². The molecule has 0 radical (unpaired) electrons. The molecular weight excluding hydrogens is 170 g/mol. The van der Waals surface area contributed by atoms with Crippen LogP contribution in [0.1, 0.15) is 20.3 Å². The molecule has 1 saturated heterocycles. The van der Waals surface area contributed by atoms with Crippen LogP contribution in [0.5, 0.6) is 0 Å². The smallest absolute Gasteiger partial charge is 0.246 e. The second kappa shape index (κ2) is 5.19. The summed E-state index contributed by atoms with van der Waals surface area (Å²) < 4.78 is 10.3. The van der Waals surface area contributed by atoms with Crippen LogP contribution in [0.2, 0.25) is 0 Å². The van der Waals surface area contributed by atoms with Crippen LogP contribution in [-0.4, -0.2) is 37.9 Å². The Bertz CT molecular complexity index is 164. The third-order valence-corrected chi connectivity index (χ3v) is 1.84. The maximum Gasteiger partial charge on any atom is 0.246 e. The van der Waals surface area contributed by atoms with E-state index < -0.39 is 0 Å². The molecule has 1 N–H and O–H groups in total. The molecule has 1 aliphatic heterocycles. The number of carbonyl (C=O) groups is 1. The zero-order valence-corrected chi connectivity index (χ0v) is 8.21. The minimum Gasteiger partial charge on any atom is -0.379 e. The first-order chi connectivity index (χ1) is 6.18. The fourth-order valence-corrected chi connectivity index (χ4v) is 1.16. The highest BCUT2D eigenvalue weighted by atomic mass is 16.5. The van der Waals surface area contributed by atoms with Gasteiger partial charge in [-0.3, -0.25) is 4.79 Å². The van der Waals surface area contributed by atoms with Crippen molar-refractivity contribution in [2.24, 2.45) is 0 Å². The van der Waals surface area contributed by atoms with E-state index in [0.29, 0.717) is 6.61 Å². The van der Waals surface area contributed by atoms with E-state index in [1.807, 2.05) is 13.8 Å². The van der Waals surface area contributed by atoms with Crippen LogP contribution in [0.3, 0.4) is 0 Å². The minimum atomic E-state index is -0.0517. The molecule has 1 rings (SSSR count). The third-order valence-electron chi connectivity index (χ3n) is 1.84. The number of hydrogen-bond donors (Lipinski definition) is 1. The van der Waals surface area contributed by atoms with E-state index in [0.717, 1.165) is 13.0 Å². The van der Waals surface area contributed by atoms with E-state index in [1.54, 1.807) is 0 Å². The first-order valence-electron chi connectivity index (χ1n) is 4.67. The maximum absolute atomic E-state index is 11.2. The lowest BCUT2D eigenvalue weighted by Gasteiger charge is -2.11. The van der Waals surface area contributed by atoms with Crippen molar-refractivity contribution in [1.82, 2.24) is 5.32 Å². The van der Waals surface area contributed by atoms with Crippen molar-refractivity contribution in [3.05, 3.63) is 0 Å². The fraction of sp³-hybridized carbons (Fsp3) is 0.889. The molecule has 0 spiro atoms. The summed E-state index contributed by atoms with van der Waals surface area (Å²) in [5.41, 5.74) is 0. The summed E-state index contributed by atoms with van der Waals surface area (Å²) in [5, 5.41) is 2.85. The van der Waals surface area contributed by atoms with E-state index in [4.69, 9.17) is 9.47 Å². The maximum atomic E-state index is 11.2. The highest BCUT2D eigenvalue weighted by Gasteiger charge is 2.17. The van der Waals surface area contributed by atoms with Crippen molar-refractivity contribution in [2.75, 3.05) is 19.8 Å². The van der Waals surface area contributed by atoms with E-state index in [-0.39, 0.29) is 24.7 Å². The Labute approximate surface area is 78.6 Å². The lowest BCUT2D eigenvalue weighted by atomic mass is 10.2. The Balaban J connectivity index is 2.09. The molecule has 0 aromatic carbocycles. The van der Waals surface area contributed by atoms with Gasteiger partial charge in [-0.1, -0.05) is 0 Å². The third kappa shape index (κ3) is 4.24. The molecule has 0 aromatic heterocycles. The Morgan fingerprint density at radius 3 is 3.00 bits per heavy atom. The summed E-state index contributed by atoms with van der Waals surface area (Å²) in [6.45, 7) is 5.34. The average molecular weight is 187 g/mol. The van der Waals surface area contributed by atoms with Gasteiger partial charge >= 0.3 is 0 Å². The highest BCUT2D eigenvalue weighted by molar-refractivity contribution is 5.77.